The first-order valence-electron chi connectivity index (χ1n) is 8.02. The van der Waals surface area contributed by atoms with E-state index in [0.29, 0.717) is 6.04 Å². The molecule has 0 aromatic carbocycles. The largest absolute Gasteiger partial charge is 0.312 e. The molecular weight excluding hydrogens is 264 g/mol. The maximum absolute atomic E-state index is 3.75. The quantitative estimate of drug-likeness (QED) is 0.742. The average Bonchev–Trinajstić information content (AvgIpc) is 2.88. The second-order valence-corrected chi connectivity index (χ2v) is 6.99. The molecule has 3 heteroatoms. The number of likely N-dealkylation sites (N-methyl/N-ethyl adjacent to an activating group) is 2. The van der Waals surface area contributed by atoms with Gasteiger partial charge in [0.2, 0.25) is 0 Å². The Bertz CT molecular complexity index is 380. The van der Waals surface area contributed by atoms with Crippen molar-refractivity contribution < 1.29 is 0 Å². The van der Waals surface area contributed by atoms with Crippen molar-refractivity contribution in [3.8, 4) is 0 Å². The summed E-state index contributed by atoms with van der Waals surface area (Å²) in [6.07, 6.45) is 4.65. The molecule has 0 spiro atoms. The molecule has 0 aliphatic carbocycles. The molecule has 0 aliphatic heterocycles. The molecule has 0 bridgehead atoms. The highest BCUT2D eigenvalue weighted by molar-refractivity contribution is 7.11. The van der Waals surface area contributed by atoms with Crippen LogP contribution in [0.15, 0.2) is 12.1 Å². The van der Waals surface area contributed by atoms with Gasteiger partial charge in [0.15, 0.2) is 0 Å². The molecule has 1 aromatic heterocycles. The van der Waals surface area contributed by atoms with Gasteiger partial charge in [0.1, 0.15) is 0 Å². The van der Waals surface area contributed by atoms with Gasteiger partial charge in [0, 0.05) is 21.3 Å². The van der Waals surface area contributed by atoms with Gasteiger partial charge in [-0.15, -0.1) is 11.3 Å². The van der Waals surface area contributed by atoms with E-state index in [1.807, 2.05) is 11.3 Å². The Morgan fingerprint density at radius 2 is 1.70 bits per heavy atom. The third kappa shape index (κ3) is 3.84. The molecule has 116 valence electrons. The van der Waals surface area contributed by atoms with E-state index >= 15 is 0 Å². The van der Waals surface area contributed by atoms with Crippen molar-refractivity contribution in [2.45, 2.75) is 65.0 Å². The summed E-state index contributed by atoms with van der Waals surface area (Å²) in [5.41, 5.74) is 0.242. The molecule has 1 N–H and O–H groups in total. The first-order chi connectivity index (χ1) is 9.53. The number of nitrogens with one attached hydrogen (secondary N) is 1. The Hall–Kier alpha value is -0.380. The van der Waals surface area contributed by atoms with Crippen molar-refractivity contribution in [1.29, 1.82) is 0 Å². The summed E-state index contributed by atoms with van der Waals surface area (Å²) in [6.45, 7) is 10.1. The number of thiophene rings is 1. The molecule has 1 unspecified atom stereocenters. The van der Waals surface area contributed by atoms with Crippen molar-refractivity contribution in [2.75, 3.05) is 20.6 Å². The van der Waals surface area contributed by atoms with E-state index in [2.05, 4.69) is 64.1 Å². The summed E-state index contributed by atoms with van der Waals surface area (Å²) in [6, 6.07) is 5.12. The smallest absolute Gasteiger partial charge is 0.0354 e. The molecule has 1 rings (SSSR count). The van der Waals surface area contributed by atoms with Gasteiger partial charge in [-0.1, -0.05) is 27.7 Å². The summed E-state index contributed by atoms with van der Waals surface area (Å²) in [7, 11) is 4.45. The molecule has 0 saturated carbocycles. The lowest BCUT2D eigenvalue weighted by Crippen LogP contribution is -2.59. The normalized spacial score (nSPS) is 13.9. The second-order valence-electron chi connectivity index (χ2n) is 5.74. The Labute approximate surface area is 129 Å². The fourth-order valence-electron chi connectivity index (χ4n) is 3.31. The van der Waals surface area contributed by atoms with E-state index in [1.165, 1.54) is 22.6 Å². The summed E-state index contributed by atoms with van der Waals surface area (Å²) < 4.78 is 0. The van der Waals surface area contributed by atoms with Gasteiger partial charge in [0.05, 0.1) is 0 Å². The van der Waals surface area contributed by atoms with Crippen LogP contribution in [0.2, 0.25) is 0 Å². The lowest BCUT2D eigenvalue weighted by molar-refractivity contribution is 0.0893. The van der Waals surface area contributed by atoms with Crippen LogP contribution in [0.3, 0.4) is 0 Å². The van der Waals surface area contributed by atoms with Crippen LogP contribution < -0.4 is 5.32 Å². The zero-order valence-corrected chi connectivity index (χ0v) is 14.9. The molecule has 0 fully saturated rings. The minimum Gasteiger partial charge on any atom is -0.312 e. The van der Waals surface area contributed by atoms with Crippen LogP contribution in [0.1, 0.15) is 50.3 Å². The van der Waals surface area contributed by atoms with Crippen LogP contribution in [-0.2, 0) is 12.8 Å². The Morgan fingerprint density at radius 1 is 1.10 bits per heavy atom. The molecule has 0 aliphatic rings. The van der Waals surface area contributed by atoms with Gasteiger partial charge in [0.25, 0.3) is 0 Å². The van der Waals surface area contributed by atoms with Crippen LogP contribution in [0.5, 0.6) is 0 Å². The lowest BCUT2D eigenvalue weighted by atomic mass is 9.81. The van der Waals surface area contributed by atoms with E-state index in [0.717, 1.165) is 19.4 Å². The van der Waals surface area contributed by atoms with Crippen LogP contribution in [0, 0.1) is 0 Å². The minimum atomic E-state index is 0.242. The maximum Gasteiger partial charge on any atom is 0.0354 e. The van der Waals surface area contributed by atoms with Crippen LogP contribution in [0.25, 0.3) is 0 Å². The number of hydrogen-bond donors (Lipinski definition) is 1. The lowest BCUT2D eigenvalue weighted by Gasteiger charge is -2.45. The number of hydrogen-bond acceptors (Lipinski definition) is 3. The Morgan fingerprint density at radius 3 is 2.10 bits per heavy atom. The highest BCUT2D eigenvalue weighted by Crippen LogP contribution is 2.30. The number of nitrogens with zero attached hydrogens (tertiary/aromatic N) is 1. The molecule has 2 nitrogen and oxygen atoms in total. The van der Waals surface area contributed by atoms with Gasteiger partial charge in [-0.2, -0.15) is 0 Å². The number of aryl methyl sites for hydroxylation is 1. The van der Waals surface area contributed by atoms with Crippen LogP contribution in [-0.4, -0.2) is 37.1 Å². The van der Waals surface area contributed by atoms with Gasteiger partial charge in [-0.25, -0.2) is 0 Å². The second kappa shape index (κ2) is 8.16. The van der Waals surface area contributed by atoms with E-state index in [9.17, 15) is 0 Å². The summed E-state index contributed by atoms with van der Waals surface area (Å²) in [4.78, 5) is 5.44. The molecule has 1 aromatic rings. The fourth-order valence-corrected chi connectivity index (χ4v) is 4.31. The zero-order chi connectivity index (χ0) is 15.2. The highest BCUT2D eigenvalue weighted by atomic mass is 32.1. The van der Waals surface area contributed by atoms with Crippen molar-refractivity contribution >= 4 is 11.3 Å². The Balaban J connectivity index is 2.96. The van der Waals surface area contributed by atoms with Crippen molar-refractivity contribution in [3.05, 3.63) is 21.9 Å². The van der Waals surface area contributed by atoms with E-state index in [4.69, 9.17) is 0 Å². The standard InChI is InChI=1S/C17H32N2S/c1-7-14-11-12-15(20-14)13-16(18-10-4)17(8-2,9-3)19(5)6/h11-12,16,18H,7-10,13H2,1-6H3. The van der Waals surface area contributed by atoms with Crippen molar-refractivity contribution in [1.82, 2.24) is 10.2 Å². The predicted octanol–water partition coefficient (Wildman–Crippen LogP) is 3.95. The molecule has 0 radical (unpaired) electrons. The third-order valence-electron chi connectivity index (χ3n) is 4.69. The SMILES string of the molecule is CCNC(Cc1ccc(CC)s1)C(CC)(CC)N(C)C. The highest BCUT2D eigenvalue weighted by Gasteiger charge is 2.37. The third-order valence-corrected chi connectivity index (χ3v) is 5.94. The topological polar surface area (TPSA) is 15.3 Å². The molecular formula is C17H32N2S. The monoisotopic (exact) mass is 296 g/mol. The van der Waals surface area contributed by atoms with Crippen molar-refractivity contribution in [2.24, 2.45) is 0 Å². The van der Waals surface area contributed by atoms with Crippen LogP contribution in [0.4, 0.5) is 0 Å². The summed E-state index contributed by atoms with van der Waals surface area (Å²) in [5.74, 6) is 0. The van der Waals surface area contributed by atoms with Crippen LogP contribution >= 0.6 is 11.3 Å². The average molecular weight is 297 g/mol. The van der Waals surface area contributed by atoms with Gasteiger partial charge in [-0.05, 0) is 58.5 Å². The zero-order valence-electron chi connectivity index (χ0n) is 14.1. The maximum atomic E-state index is 3.75. The molecule has 1 atom stereocenters. The fraction of sp³-hybridized carbons (Fsp3) is 0.765. The van der Waals surface area contributed by atoms with Gasteiger partial charge < -0.3 is 10.2 Å². The Kier molecular flexibility index (Phi) is 7.21. The van der Waals surface area contributed by atoms with Gasteiger partial charge >= 0.3 is 0 Å². The minimum absolute atomic E-state index is 0.242. The van der Waals surface area contributed by atoms with Gasteiger partial charge in [-0.3, -0.25) is 0 Å². The first-order valence-corrected chi connectivity index (χ1v) is 8.84. The van der Waals surface area contributed by atoms with E-state index < -0.39 is 0 Å². The first kappa shape index (κ1) is 17.7. The summed E-state index contributed by atoms with van der Waals surface area (Å²) >= 11 is 1.98. The van der Waals surface area contributed by atoms with E-state index in [-0.39, 0.29) is 5.54 Å². The molecule has 1 heterocycles. The summed E-state index contributed by atoms with van der Waals surface area (Å²) in [5, 5.41) is 3.75. The van der Waals surface area contributed by atoms with E-state index in [1.54, 1.807) is 0 Å². The predicted molar refractivity (Wildman–Crippen MR) is 91.9 cm³/mol. The molecule has 0 amide bonds. The molecule has 20 heavy (non-hydrogen) atoms. The molecule has 0 saturated heterocycles. The van der Waals surface area contributed by atoms with Crippen molar-refractivity contribution in [3.63, 3.8) is 0 Å². The number of rotatable bonds is 9.